The molecule has 1 aliphatic rings. The molecule has 2 rings (SSSR count). The summed E-state index contributed by atoms with van der Waals surface area (Å²) >= 11 is 0. The molecule has 0 aliphatic heterocycles. The molecule has 0 fully saturated rings. The summed E-state index contributed by atoms with van der Waals surface area (Å²) < 4.78 is 5.68. The van der Waals surface area contributed by atoms with Gasteiger partial charge in [0.1, 0.15) is 5.75 Å². The Kier molecular flexibility index (Phi) is 3.83. The summed E-state index contributed by atoms with van der Waals surface area (Å²) in [4.78, 5) is 0. The van der Waals surface area contributed by atoms with E-state index >= 15 is 0 Å². The SMILES string of the molecule is CCCOc1ccc2c(c1)C(NCC)CC2. The Labute approximate surface area is 98.0 Å². The molecule has 1 aliphatic carbocycles. The maximum absolute atomic E-state index is 5.68. The van der Waals surface area contributed by atoms with E-state index in [1.54, 1.807) is 0 Å². The molecule has 1 aromatic carbocycles. The van der Waals surface area contributed by atoms with Crippen LogP contribution >= 0.6 is 0 Å². The van der Waals surface area contributed by atoms with Gasteiger partial charge in [-0.1, -0.05) is 19.9 Å². The Bertz CT molecular complexity index is 347. The van der Waals surface area contributed by atoms with Gasteiger partial charge in [-0.05, 0) is 49.1 Å². The van der Waals surface area contributed by atoms with Gasteiger partial charge in [-0.25, -0.2) is 0 Å². The Hall–Kier alpha value is -1.02. The number of nitrogens with one attached hydrogen (secondary N) is 1. The molecular formula is C14H21NO. The van der Waals surface area contributed by atoms with E-state index in [-0.39, 0.29) is 0 Å². The molecule has 0 spiro atoms. The van der Waals surface area contributed by atoms with Crippen molar-refractivity contribution in [1.82, 2.24) is 5.32 Å². The minimum atomic E-state index is 0.533. The summed E-state index contributed by atoms with van der Waals surface area (Å²) in [6.07, 6.45) is 3.48. The first-order valence-corrected chi connectivity index (χ1v) is 6.34. The number of hydrogen-bond acceptors (Lipinski definition) is 2. The first-order chi connectivity index (χ1) is 7.85. The van der Waals surface area contributed by atoms with Gasteiger partial charge in [0, 0.05) is 6.04 Å². The van der Waals surface area contributed by atoms with Gasteiger partial charge in [0.15, 0.2) is 0 Å². The second-order valence-corrected chi connectivity index (χ2v) is 4.36. The molecule has 88 valence electrons. The van der Waals surface area contributed by atoms with Gasteiger partial charge < -0.3 is 10.1 Å². The van der Waals surface area contributed by atoms with E-state index in [2.05, 4.69) is 37.4 Å². The van der Waals surface area contributed by atoms with Gasteiger partial charge >= 0.3 is 0 Å². The minimum absolute atomic E-state index is 0.533. The van der Waals surface area contributed by atoms with Crippen LogP contribution in [0.3, 0.4) is 0 Å². The molecule has 0 saturated heterocycles. The fourth-order valence-corrected chi connectivity index (χ4v) is 2.35. The predicted molar refractivity (Wildman–Crippen MR) is 67.0 cm³/mol. The first kappa shape index (κ1) is 11.5. The highest BCUT2D eigenvalue weighted by atomic mass is 16.5. The van der Waals surface area contributed by atoms with Crippen molar-refractivity contribution < 1.29 is 4.74 Å². The van der Waals surface area contributed by atoms with Crippen LogP contribution in [0.5, 0.6) is 5.75 Å². The summed E-state index contributed by atoms with van der Waals surface area (Å²) in [6, 6.07) is 7.07. The van der Waals surface area contributed by atoms with Crippen LogP contribution in [-0.2, 0) is 6.42 Å². The molecule has 16 heavy (non-hydrogen) atoms. The molecule has 0 aromatic heterocycles. The summed E-state index contributed by atoms with van der Waals surface area (Å²) in [5.74, 6) is 1.02. The molecule has 0 bridgehead atoms. The maximum Gasteiger partial charge on any atom is 0.119 e. The van der Waals surface area contributed by atoms with Crippen LogP contribution in [0.25, 0.3) is 0 Å². The van der Waals surface area contributed by atoms with Crippen molar-refractivity contribution in [3.63, 3.8) is 0 Å². The van der Waals surface area contributed by atoms with E-state index in [1.807, 2.05) is 0 Å². The third kappa shape index (κ3) is 2.38. The van der Waals surface area contributed by atoms with Crippen LogP contribution in [0.15, 0.2) is 18.2 Å². The van der Waals surface area contributed by atoms with Crippen molar-refractivity contribution in [2.24, 2.45) is 0 Å². The normalized spacial score (nSPS) is 18.5. The summed E-state index contributed by atoms with van der Waals surface area (Å²) in [7, 11) is 0. The molecule has 0 amide bonds. The highest BCUT2D eigenvalue weighted by molar-refractivity contribution is 5.40. The molecule has 1 atom stereocenters. The standard InChI is InChI=1S/C14H21NO/c1-3-9-16-12-7-5-11-6-8-14(15-4-2)13(11)10-12/h5,7,10,14-15H,3-4,6,8-9H2,1-2H3. The lowest BCUT2D eigenvalue weighted by Gasteiger charge is -2.13. The van der Waals surface area contributed by atoms with Crippen molar-refractivity contribution in [3.8, 4) is 5.75 Å². The van der Waals surface area contributed by atoms with Gasteiger partial charge in [0.25, 0.3) is 0 Å². The number of ether oxygens (including phenoxy) is 1. The maximum atomic E-state index is 5.68. The molecule has 2 nitrogen and oxygen atoms in total. The van der Waals surface area contributed by atoms with Gasteiger partial charge in [-0.15, -0.1) is 0 Å². The predicted octanol–water partition coefficient (Wildman–Crippen LogP) is 3.07. The zero-order valence-electron chi connectivity index (χ0n) is 10.3. The highest BCUT2D eigenvalue weighted by Crippen LogP contribution is 2.33. The average Bonchev–Trinajstić information content (AvgIpc) is 2.70. The monoisotopic (exact) mass is 219 g/mol. The van der Waals surface area contributed by atoms with E-state index in [0.717, 1.165) is 25.3 Å². The van der Waals surface area contributed by atoms with Crippen LogP contribution in [0.2, 0.25) is 0 Å². The summed E-state index contributed by atoms with van der Waals surface area (Å²) in [5, 5.41) is 3.53. The fourth-order valence-electron chi connectivity index (χ4n) is 2.35. The third-order valence-electron chi connectivity index (χ3n) is 3.12. The van der Waals surface area contributed by atoms with Crippen molar-refractivity contribution in [3.05, 3.63) is 29.3 Å². The largest absolute Gasteiger partial charge is 0.494 e. The zero-order chi connectivity index (χ0) is 11.4. The van der Waals surface area contributed by atoms with Gasteiger partial charge in [-0.3, -0.25) is 0 Å². The Morgan fingerprint density at radius 3 is 3.00 bits per heavy atom. The lowest BCUT2D eigenvalue weighted by atomic mass is 10.1. The zero-order valence-corrected chi connectivity index (χ0v) is 10.3. The molecule has 0 saturated carbocycles. The molecule has 1 unspecified atom stereocenters. The summed E-state index contributed by atoms with van der Waals surface area (Å²) in [6.45, 7) is 6.14. The van der Waals surface area contributed by atoms with E-state index < -0.39 is 0 Å². The van der Waals surface area contributed by atoms with E-state index in [9.17, 15) is 0 Å². The molecule has 1 N–H and O–H groups in total. The topological polar surface area (TPSA) is 21.3 Å². The molecular weight excluding hydrogens is 198 g/mol. The Morgan fingerprint density at radius 2 is 2.25 bits per heavy atom. The molecule has 1 aromatic rings. The van der Waals surface area contributed by atoms with E-state index in [1.165, 1.54) is 24.0 Å². The number of rotatable bonds is 5. The second kappa shape index (κ2) is 5.35. The van der Waals surface area contributed by atoms with Crippen molar-refractivity contribution in [2.75, 3.05) is 13.2 Å². The van der Waals surface area contributed by atoms with Crippen molar-refractivity contribution in [1.29, 1.82) is 0 Å². The smallest absolute Gasteiger partial charge is 0.119 e. The lowest BCUT2D eigenvalue weighted by Crippen LogP contribution is -2.18. The van der Waals surface area contributed by atoms with Crippen molar-refractivity contribution >= 4 is 0 Å². The van der Waals surface area contributed by atoms with Crippen LogP contribution in [0.1, 0.15) is 43.9 Å². The number of aryl methyl sites for hydroxylation is 1. The number of fused-ring (bicyclic) bond motifs is 1. The first-order valence-electron chi connectivity index (χ1n) is 6.34. The fraction of sp³-hybridized carbons (Fsp3) is 0.571. The summed E-state index contributed by atoms with van der Waals surface area (Å²) in [5.41, 5.74) is 2.92. The van der Waals surface area contributed by atoms with Crippen LogP contribution < -0.4 is 10.1 Å². The van der Waals surface area contributed by atoms with Crippen LogP contribution in [0.4, 0.5) is 0 Å². The second-order valence-electron chi connectivity index (χ2n) is 4.36. The Balaban J connectivity index is 2.13. The third-order valence-corrected chi connectivity index (χ3v) is 3.12. The highest BCUT2D eigenvalue weighted by Gasteiger charge is 2.21. The molecule has 0 radical (unpaired) electrons. The van der Waals surface area contributed by atoms with Gasteiger partial charge in [0.2, 0.25) is 0 Å². The quantitative estimate of drug-likeness (QED) is 0.821. The van der Waals surface area contributed by atoms with E-state index in [0.29, 0.717) is 6.04 Å². The van der Waals surface area contributed by atoms with Gasteiger partial charge in [0.05, 0.1) is 6.61 Å². The Morgan fingerprint density at radius 1 is 1.38 bits per heavy atom. The van der Waals surface area contributed by atoms with Crippen LogP contribution in [0, 0.1) is 0 Å². The molecule has 0 heterocycles. The minimum Gasteiger partial charge on any atom is -0.494 e. The van der Waals surface area contributed by atoms with Crippen molar-refractivity contribution in [2.45, 2.75) is 39.2 Å². The lowest BCUT2D eigenvalue weighted by molar-refractivity contribution is 0.317. The number of benzene rings is 1. The molecule has 2 heteroatoms. The van der Waals surface area contributed by atoms with Crippen LogP contribution in [-0.4, -0.2) is 13.2 Å². The van der Waals surface area contributed by atoms with Gasteiger partial charge in [-0.2, -0.15) is 0 Å². The average molecular weight is 219 g/mol. The number of hydrogen-bond donors (Lipinski definition) is 1. The van der Waals surface area contributed by atoms with E-state index in [4.69, 9.17) is 4.74 Å².